The highest BCUT2D eigenvalue weighted by atomic mass is 32.2. The van der Waals surface area contributed by atoms with Gasteiger partial charge in [0.05, 0.1) is 0 Å². The van der Waals surface area contributed by atoms with Gasteiger partial charge in [-0.05, 0) is 19.1 Å². The normalized spacial score (nSPS) is 11.1. The van der Waals surface area contributed by atoms with Gasteiger partial charge in [0, 0.05) is 22.7 Å². The van der Waals surface area contributed by atoms with E-state index >= 15 is 0 Å². The van der Waals surface area contributed by atoms with Crippen LogP contribution in [0.4, 0.5) is 0 Å². The zero-order chi connectivity index (χ0) is 11.0. The van der Waals surface area contributed by atoms with Crippen LogP contribution < -0.4 is 0 Å². The Labute approximate surface area is 102 Å². The van der Waals surface area contributed by atoms with Crippen LogP contribution in [0.3, 0.4) is 0 Å². The summed E-state index contributed by atoms with van der Waals surface area (Å²) in [7, 11) is 0. The zero-order valence-corrected chi connectivity index (χ0v) is 10.4. The summed E-state index contributed by atoms with van der Waals surface area (Å²) in [5, 5.41) is 3.10. The second kappa shape index (κ2) is 3.96. The fraction of sp³-hybridized carbons (Fsp3) is 0.0833. The van der Waals surface area contributed by atoms with Gasteiger partial charge in [-0.1, -0.05) is 29.5 Å². The lowest BCUT2D eigenvalue weighted by Gasteiger charge is -1.97. The Hall–Kier alpha value is -1.26. The molecule has 0 bridgehead atoms. The first-order valence-corrected chi connectivity index (χ1v) is 6.67. The molecule has 0 radical (unpaired) electrons. The Morgan fingerprint density at radius 2 is 2.06 bits per heavy atom. The van der Waals surface area contributed by atoms with Crippen molar-refractivity contribution in [3.05, 3.63) is 47.6 Å². The Kier molecular flexibility index (Phi) is 2.46. The zero-order valence-electron chi connectivity index (χ0n) is 8.75. The number of nitrogens with zero attached hydrogens (tertiary/aromatic N) is 2. The van der Waals surface area contributed by atoms with Crippen molar-refractivity contribution in [3.8, 4) is 0 Å². The number of imidazole rings is 1. The number of thiazole rings is 1. The molecule has 3 rings (SSSR count). The van der Waals surface area contributed by atoms with Gasteiger partial charge in [-0.2, -0.15) is 0 Å². The van der Waals surface area contributed by atoms with Crippen molar-refractivity contribution in [3.63, 3.8) is 0 Å². The molecule has 0 atom stereocenters. The van der Waals surface area contributed by atoms with Crippen molar-refractivity contribution in [2.75, 3.05) is 0 Å². The number of aromatic nitrogens is 2. The highest BCUT2D eigenvalue weighted by molar-refractivity contribution is 7.99. The van der Waals surface area contributed by atoms with Gasteiger partial charge in [-0.3, -0.25) is 4.40 Å². The fourth-order valence-corrected chi connectivity index (χ4v) is 3.05. The topological polar surface area (TPSA) is 17.3 Å². The van der Waals surface area contributed by atoms with Crippen LogP contribution in [0, 0.1) is 6.92 Å². The number of rotatable bonds is 2. The van der Waals surface area contributed by atoms with Crippen molar-refractivity contribution < 1.29 is 0 Å². The molecule has 16 heavy (non-hydrogen) atoms. The molecule has 4 heteroatoms. The van der Waals surface area contributed by atoms with Gasteiger partial charge in [0.2, 0.25) is 0 Å². The molecule has 0 N–H and O–H groups in total. The van der Waals surface area contributed by atoms with Crippen LogP contribution in [0.5, 0.6) is 0 Å². The summed E-state index contributed by atoms with van der Waals surface area (Å²) in [6, 6.07) is 8.52. The Balaban J connectivity index is 1.89. The number of aryl methyl sites for hydroxylation is 1. The summed E-state index contributed by atoms with van der Waals surface area (Å²) in [6.07, 6.45) is 4.10. The van der Waals surface area contributed by atoms with Crippen LogP contribution in [0.1, 0.15) is 5.56 Å². The van der Waals surface area contributed by atoms with Crippen LogP contribution in [0.15, 0.2) is 52.0 Å². The Morgan fingerprint density at radius 1 is 1.25 bits per heavy atom. The minimum Gasteiger partial charge on any atom is -0.297 e. The minimum absolute atomic E-state index is 1.05. The van der Waals surface area contributed by atoms with Gasteiger partial charge in [0.25, 0.3) is 0 Å². The molecule has 3 aromatic rings. The smallest absolute Gasteiger partial charge is 0.194 e. The quantitative estimate of drug-likeness (QED) is 0.683. The molecule has 0 spiro atoms. The third-order valence-electron chi connectivity index (χ3n) is 2.31. The standard InChI is InChI=1S/C12H10N2S2/c1-9-2-4-10(5-3-9)16-11-8-14-6-7-15-12(14)13-11/h2-8H,1H3. The van der Waals surface area contributed by atoms with Gasteiger partial charge >= 0.3 is 0 Å². The molecule has 0 saturated carbocycles. The molecule has 2 nitrogen and oxygen atoms in total. The van der Waals surface area contributed by atoms with Crippen LogP contribution in [-0.4, -0.2) is 9.38 Å². The van der Waals surface area contributed by atoms with Crippen molar-refractivity contribution in [1.29, 1.82) is 0 Å². The van der Waals surface area contributed by atoms with Gasteiger partial charge in [0.1, 0.15) is 5.03 Å². The molecule has 0 unspecified atom stereocenters. The monoisotopic (exact) mass is 246 g/mol. The minimum atomic E-state index is 1.05. The number of benzene rings is 1. The molecule has 1 aromatic carbocycles. The molecule has 0 amide bonds. The van der Waals surface area contributed by atoms with Crippen LogP contribution in [0.25, 0.3) is 4.96 Å². The van der Waals surface area contributed by atoms with E-state index in [2.05, 4.69) is 46.8 Å². The first-order chi connectivity index (χ1) is 7.81. The summed E-state index contributed by atoms with van der Waals surface area (Å²) in [6.45, 7) is 2.10. The summed E-state index contributed by atoms with van der Waals surface area (Å²) in [4.78, 5) is 6.82. The molecule has 0 aliphatic heterocycles. The Morgan fingerprint density at radius 3 is 2.81 bits per heavy atom. The summed E-state index contributed by atoms with van der Waals surface area (Å²) >= 11 is 3.36. The maximum absolute atomic E-state index is 4.53. The molecular formula is C12H10N2S2. The van der Waals surface area contributed by atoms with E-state index in [1.165, 1.54) is 10.5 Å². The van der Waals surface area contributed by atoms with E-state index in [9.17, 15) is 0 Å². The van der Waals surface area contributed by atoms with E-state index in [1.807, 2.05) is 11.6 Å². The first kappa shape index (κ1) is 9.93. The lowest BCUT2D eigenvalue weighted by atomic mass is 10.2. The van der Waals surface area contributed by atoms with Gasteiger partial charge in [-0.15, -0.1) is 11.3 Å². The van der Waals surface area contributed by atoms with Crippen LogP contribution in [-0.2, 0) is 0 Å². The molecule has 2 aromatic heterocycles. The van der Waals surface area contributed by atoms with E-state index < -0.39 is 0 Å². The van der Waals surface area contributed by atoms with E-state index in [0.717, 1.165) is 9.99 Å². The number of hydrogen-bond donors (Lipinski definition) is 0. The summed E-state index contributed by atoms with van der Waals surface area (Å²) in [5.41, 5.74) is 1.29. The fourth-order valence-electron chi connectivity index (χ4n) is 1.48. The molecule has 0 fully saturated rings. The molecule has 2 heterocycles. The predicted octanol–water partition coefficient (Wildman–Crippen LogP) is 3.86. The highest BCUT2D eigenvalue weighted by Crippen LogP contribution is 2.28. The SMILES string of the molecule is Cc1ccc(Sc2cn3ccsc3n2)cc1. The Bertz CT molecular complexity index is 579. The average Bonchev–Trinajstić information content (AvgIpc) is 2.81. The van der Waals surface area contributed by atoms with Crippen molar-refractivity contribution in [2.45, 2.75) is 16.8 Å². The summed E-state index contributed by atoms with van der Waals surface area (Å²) < 4.78 is 2.06. The largest absolute Gasteiger partial charge is 0.297 e. The van der Waals surface area contributed by atoms with Crippen LogP contribution >= 0.6 is 23.1 Å². The van der Waals surface area contributed by atoms with E-state index in [-0.39, 0.29) is 0 Å². The third-order valence-corrected chi connectivity index (χ3v) is 4.00. The second-order valence-corrected chi connectivity index (χ2v) is 5.55. The van der Waals surface area contributed by atoms with Crippen LogP contribution in [0.2, 0.25) is 0 Å². The van der Waals surface area contributed by atoms with E-state index in [4.69, 9.17) is 0 Å². The molecule has 0 aliphatic carbocycles. The van der Waals surface area contributed by atoms with Gasteiger partial charge < -0.3 is 0 Å². The van der Waals surface area contributed by atoms with Crippen molar-refractivity contribution in [1.82, 2.24) is 9.38 Å². The van der Waals surface area contributed by atoms with Crippen molar-refractivity contribution in [2.24, 2.45) is 0 Å². The maximum Gasteiger partial charge on any atom is 0.194 e. The number of fused-ring (bicyclic) bond motifs is 1. The first-order valence-electron chi connectivity index (χ1n) is 4.98. The summed E-state index contributed by atoms with van der Waals surface area (Å²) in [5.74, 6) is 0. The molecule has 0 saturated heterocycles. The predicted molar refractivity (Wildman–Crippen MR) is 68.4 cm³/mol. The van der Waals surface area contributed by atoms with Gasteiger partial charge in [-0.25, -0.2) is 4.98 Å². The van der Waals surface area contributed by atoms with E-state index in [1.54, 1.807) is 23.1 Å². The third kappa shape index (κ3) is 1.86. The second-order valence-electron chi connectivity index (χ2n) is 3.59. The average molecular weight is 246 g/mol. The molecule has 80 valence electrons. The number of hydrogen-bond acceptors (Lipinski definition) is 3. The molecular weight excluding hydrogens is 236 g/mol. The van der Waals surface area contributed by atoms with Gasteiger partial charge in [0.15, 0.2) is 4.96 Å². The lowest BCUT2D eigenvalue weighted by Crippen LogP contribution is -1.74. The van der Waals surface area contributed by atoms with Crippen molar-refractivity contribution >= 4 is 28.1 Å². The highest BCUT2D eigenvalue weighted by Gasteiger charge is 2.03. The molecule has 0 aliphatic rings. The maximum atomic E-state index is 4.53. The lowest BCUT2D eigenvalue weighted by molar-refractivity contribution is 1.20. The van der Waals surface area contributed by atoms with E-state index in [0.29, 0.717) is 0 Å².